The number of amides is 1. The Morgan fingerprint density at radius 3 is 2.72 bits per heavy atom. The van der Waals surface area contributed by atoms with E-state index < -0.39 is 12.1 Å². The van der Waals surface area contributed by atoms with E-state index in [1.54, 1.807) is 12.5 Å². The highest BCUT2D eigenvalue weighted by Crippen LogP contribution is 2.17. The van der Waals surface area contributed by atoms with Crippen molar-refractivity contribution in [3.63, 3.8) is 0 Å². The molecule has 0 fully saturated rings. The van der Waals surface area contributed by atoms with Gasteiger partial charge in [0, 0.05) is 13.1 Å². The molecule has 0 saturated heterocycles. The summed E-state index contributed by atoms with van der Waals surface area (Å²) < 4.78 is 7.44. The molecule has 170 valence electrons. The van der Waals surface area contributed by atoms with E-state index in [1.807, 2.05) is 66.1 Å². The van der Waals surface area contributed by atoms with Crippen LogP contribution in [0.25, 0.3) is 5.69 Å². The molecule has 3 aromatic rings. The number of rotatable bonds is 12. The number of ether oxygens (including phenoxy) is 1. The third-order valence-corrected chi connectivity index (χ3v) is 4.92. The number of nitrogens with two attached hydrogens (primary N) is 1. The number of carbonyl (C=O) groups is 1. The first-order valence-corrected chi connectivity index (χ1v) is 10.8. The highest BCUT2D eigenvalue weighted by molar-refractivity contribution is 5.93. The zero-order valence-corrected chi connectivity index (χ0v) is 18.3. The Hall–Kier alpha value is -3.20. The van der Waals surface area contributed by atoms with Crippen molar-refractivity contribution in [2.45, 2.75) is 38.5 Å². The summed E-state index contributed by atoms with van der Waals surface area (Å²) >= 11 is 0. The van der Waals surface area contributed by atoms with Gasteiger partial charge < -0.3 is 30.8 Å². The Morgan fingerprint density at radius 2 is 1.94 bits per heavy atom. The Morgan fingerprint density at radius 1 is 1.19 bits per heavy atom. The Kier molecular flexibility index (Phi) is 8.79. The molecule has 8 heteroatoms. The fraction of sp³-hybridized carbons (Fsp3) is 0.333. The lowest BCUT2D eigenvalue weighted by atomic mass is 10.1. The number of benzene rings is 2. The van der Waals surface area contributed by atoms with Gasteiger partial charge in [0.2, 0.25) is 5.91 Å². The van der Waals surface area contributed by atoms with Crippen LogP contribution in [-0.4, -0.2) is 45.9 Å². The number of imidazole rings is 1. The summed E-state index contributed by atoms with van der Waals surface area (Å²) in [6.07, 6.45) is 4.25. The van der Waals surface area contributed by atoms with Gasteiger partial charge in [-0.3, -0.25) is 4.79 Å². The lowest BCUT2D eigenvalue weighted by Gasteiger charge is -2.15. The van der Waals surface area contributed by atoms with Gasteiger partial charge in [-0.15, -0.1) is 0 Å². The number of carbonyl (C=O) groups excluding carboxylic acids is 1. The summed E-state index contributed by atoms with van der Waals surface area (Å²) in [5, 5.41) is 16.2. The fourth-order valence-corrected chi connectivity index (χ4v) is 3.23. The number of hydrogen-bond donors (Lipinski definition) is 4. The minimum absolute atomic E-state index is 0.212. The molecule has 2 atom stereocenters. The van der Waals surface area contributed by atoms with E-state index in [2.05, 4.69) is 15.6 Å². The van der Waals surface area contributed by atoms with Gasteiger partial charge in [-0.1, -0.05) is 49.7 Å². The largest absolute Gasteiger partial charge is 0.491 e. The number of para-hydroxylation sites is 2. The summed E-state index contributed by atoms with van der Waals surface area (Å²) in [6.45, 7) is 3.15. The van der Waals surface area contributed by atoms with Gasteiger partial charge in [-0.25, -0.2) is 4.98 Å². The molecule has 0 aliphatic carbocycles. The van der Waals surface area contributed by atoms with Crippen molar-refractivity contribution in [3.05, 3.63) is 72.7 Å². The van der Waals surface area contributed by atoms with Gasteiger partial charge in [0.25, 0.3) is 0 Å². The molecular weight excluding hydrogens is 406 g/mol. The van der Waals surface area contributed by atoms with Crippen LogP contribution in [0.1, 0.15) is 25.3 Å². The zero-order valence-electron chi connectivity index (χ0n) is 18.3. The molecule has 0 aliphatic rings. The third kappa shape index (κ3) is 6.91. The number of aromatic nitrogens is 2. The number of aliphatic hydroxyl groups excluding tert-OH is 1. The SMILES string of the molecule is CCC[C@H](N)C(=O)Nc1cn(-c2ccccc2CNCC(O)COc2ccccc2)cn1. The van der Waals surface area contributed by atoms with Gasteiger partial charge >= 0.3 is 0 Å². The van der Waals surface area contributed by atoms with Gasteiger partial charge in [0.1, 0.15) is 24.8 Å². The van der Waals surface area contributed by atoms with Gasteiger partial charge in [0.15, 0.2) is 5.82 Å². The first-order chi connectivity index (χ1) is 15.6. The van der Waals surface area contributed by atoms with Crippen molar-refractivity contribution in [1.82, 2.24) is 14.9 Å². The molecule has 0 spiro atoms. The van der Waals surface area contributed by atoms with Crippen LogP contribution in [0.2, 0.25) is 0 Å². The molecule has 3 rings (SSSR count). The molecule has 0 radical (unpaired) electrons. The predicted molar refractivity (Wildman–Crippen MR) is 125 cm³/mol. The van der Waals surface area contributed by atoms with E-state index in [0.717, 1.165) is 23.4 Å². The van der Waals surface area contributed by atoms with Crippen molar-refractivity contribution < 1.29 is 14.6 Å². The van der Waals surface area contributed by atoms with Gasteiger partial charge in [0.05, 0.1) is 17.9 Å². The van der Waals surface area contributed by atoms with Crippen LogP contribution in [0.4, 0.5) is 5.82 Å². The van der Waals surface area contributed by atoms with E-state index in [4.69, 9.17) is 10.5 Å². The topological polar surface area (TPSA) is 114 Å². The van der Waals surface area contributed by atoms with Crippen molar-refractivity contribution in [2.75, 3.05) is 18.5 Å². The quantitative estimate of drug-likeness (QED) is 0.346. The maximum atomic E-state index is 12.1. The minimum atomic E-state index is -0.634. The molecule has 8 nitrogen and oxygen atoms in total. The number of nitrogens with one attached hydrogen (secondary N) is 2. The van der Waals surface area contributed by atoms with E-state index in [9.17, 15) is 9.90 Å². The van der Waals surface area contributed by atoms with E-state index in [1.165, 1.54) is 0 Å². The maximum absolute atomic E-state index is 12.1. The summed E-state index contributed by atoms with van der Waals surface area (Å²) in [5.41, 5.74) is 7.83. The fourth-order valence-electron chi connectivity index (χ4n) is 3.23. The average Bonchev–Trinajstić information content (AvgIpc) is 3.27. The Labute approximate surface area is 188 Å². The van der Waals surface area contributed by atoms with Crippen LogP contribution >= 0.6 is 0 Å². The first kappa shape index (κ1) is 23.5. The Bertz CT molecular complexity index is 977. The smallest absolute Gasteiger partial charge is 0.242 e. The van der Waals surface area contributed by atoms with Crippen LogP contribution in [0.3, 0.4) is 0 Å². The summed E-state index contributed by atoms with van der Waals surface area (Å²) in [7, 11) is 0. The van der Waals surface area contributed by atoms with Crippen LogP contribution in [0.15, 0.2) is 67.1 Å². The third-order valence-electron chi connectivity index (χ3n) is 4.92. The molecular formula is C24H31N5O3. The molecule has 32 heavy (non-hydrogen) atoms. The van der Waals surface area contributed by atoms with E-state index in [0.29, 0.717) is 25.3 Å². The van der Waals surface area contributed by atoms with Crippen LogP contribution < -0.4 is 21.1 Å². The number of hydrogen-bond acceptors (Lipinski definition) is 6. The number of anilines is 1. The summed E-state index contributed by atoms with van der Waals surface area (Å²) in [6, 6.07) is 16.8. The van der Waals surface area contributed by atoms with Crippen molar-refractivity contribution in [1.29, 1.82) is 0 Å². The number of aliphatic hydroxyl groups is 1. The van der Waals surface area contributed by atoms with Gasteiger partial charge in [-0.05, 0) is 30.2 Å². The summed E-state index contributed by atoms with van der Waals surface area (Å²) in [4.78, 5) is 16.4. The molecule has 5 N–H and O–H groups in total. The van der Waals surface area contributed by atoms with E-state index >= 15 is 0 Å². The Balaban J connectivity index is 1.53. The molecule has 0 bridgehead atoms. The molecule has 1 heterocycles. The van der Waals surface area contributed by atoms with Gasteiger partial charge in [-0.2, -0.15) is 0 Å². The van der Waals surface area contributed by atoms with Crippen molar-refractivity contribution in [3.8, 4) is 11.4 Å². The van der Waals surface area contributed by atoms with Crippen LogP contribution in [-0.2, 0) is 11.3 Å². The monoisotopic (exact) mass is 437 g/mol. The average molecular weight is 438 g/mol. The highest BCUT2D eigenvalue weighted by Gasteiger charge is 2.14. The maximum Gasteiger partial charge on any atom is 0.242 e. The van der Waals surface area contributed by atoms with Crippen LogP contribution in [0, 0.1) is 0 Å². The second-order valence-electron chi connectivity index (χ2n) is 7.59. The molecule has 1 aromatic heterocycles. The van der Waals surface area contributed by atoms with Crippen LogP contribution in [0.5, 0.6) is 5.75 Å². The predicted octanol–water partition coefficient (Wildman–Crippen LogP) is 2.47. The highest BCUT2D eigenvalue weighted by atomic mass is 16.5. The lowest BCUT2D eigenvalue weighted by Crippen LogP contribution is -2.35. The molecule has 2 aromatic carbocycles. The number of nitrogens with zero attached hydrogens (tertiary/aromatic N) is 2. The molecule has 1 unspecified atom stereocenters. The minimum Gasteiger partial charge on any atom is -0.491 e. The normalized spacial score (nSPS) is 12.8. The lowest BCUT2D eigenvalue weighted by molar-refractivity contribution is -0.117. The van der Waals surface area contributed by atoms with Crippen molar-refractivity contribution in [2.24, 2.45) is 5.73 Å². The van der Waals surface area contributed by atoms with Crippen molar-refractivity contribution >= 4 is 11.7 Å². The summed E-state index contributed by atoms with van der Waals surface area (Å²) in [5.74, 6) is 0.951. The molecule has 0 aliphatic heterocycles. The second kappa shape index (κ2) is 12.0. The zero-order chi connectivity index (χ0) is 22.8. The van der Waals surface area contributed by atoms with E-state index in [-0.39, 0.29) is 12.5 Å². The second-order valence-corrected chi connectivity index (χ2v) is 7.59. The molecule has 1 amide bonds. The standard InChI is InChI=1S/C24H31N5O3/c1-2-8-21(25)24(31)28-23-15-29(17-27-23)22-12-7-6-9-18(22)13-26-14-19(30)16-32-20-10-4-3-5-11-20/h3-7,9-12,15,17,19,21,26,30H,2,8,13-14,16,25H2,1H3,(H,28,31)/t19?,21-/m0/s1. The first-order valence-electron chi connectivity index (χ1n) is 10.8. The molecule has 0 saturated carbocycles.